The van der Waals surface area contributed by atoms with Gasteiger partial charge in [-0.25, -0.2) is 0 Å². The molecule has 0 unspecified atom stereocenters. The van der Waals surface area contributed by atoms with Crippen LogP contribution in [0.15, 0.2) is 72.7 Å². The molecule has 0 aliphatic heterocycles. The molecule has 0 spiro atoms. The molecule has 0 atom stereocenters. The van der Waals surface area contributed by atoms with Crippen LogP contribution >= 0.6 is 11.8 Å². The summed E-state index contributed by atoms with van der Waals surface area (Å²) < 4.78 is 5.07. The summed E-state index contributed by atoms with van der Waals surface area (Å²) in [6.45, 7) is 7.74. The average Bonchev–Trinajstić information content (AvgIpc) is 2.64. The van der Waals surface area contributed by atoms with E-state index in [2.05, 4.69) is 13.2 Å². The Hall–Kier alpha value is -2.53. The second-order valence-electron chi connectivity index (χ2n) is 5.33. The number of rotatable bonds is 9. The van der Waals surface area contributed by atoms with Crippen LogP contribution in [0.2, 0.25) is 0 Å². The molecule has 0 heterocycles. The standard InChI is InChI=1S/C20H21NO3S/c1-3-11-21(12-4-2)19(22)14-24-20(23)15-25-18-10-9-16-7-5-6-8-17(16)13-18/h3-10,13H,1-2,11-12,14-15H2. The second-order valence-corrected chi connectivity index (χ2v) is 6.38. The highest BCUT2D eigenvalue weighted by atomic mass is 32.2. The van der Waals surface area contributed by atoms with Gasteiger partial charge in [0, 0.05) is 18.0 Å². The highest BCUT2D eigenvalue weighted by Gasteiger charge is 2.13. The van der Waals surface area contributed by atoms with Crippen LogP contribution in [0.4, 0.5) is 0 Å². The molecule has 0 saturated heterocycles. The van der Waals surface area contributed by atoms with Gasteiger partial charge >= 0.3 is 5.97 Å². The number of benzene rings is 2. The monoisotopic (exact) mass is 355 g/mol. The Bertz CT molecular complexity index is 762. The first-order chi connectivity index (χ1) is 12.1. The van der Waals surface area contributed by atoms with Gasteiger partial charge in [-0.05, 0) is 22.9 Å². The topological polar surface area (TPSA) is 46.6 Å². The summed E-state index contributed by atoms with van der Waals surface area (Å²) in [6.07, 6.45) is 3.25. The van der Waals surface area contributed by atoms with Crippen molar-refractivity contribution in [3.63, 3.8) is 0 Å². The van der Waals surface area contributed by atoms with Crippen molar-refractivity contribution in [2.24, 2.45) is 0 Å². The zero-order valence-electron chi connectivity index (χ0n) is 14.0. The number of thioether (sulfide) groups is 1. The van der Waals surface area contributed by atoms with E-state index >= 15 is 0 Å². The lowest BCUT2D eigenvalue weighted by Crippen LogP contribution is -2.35. The van der Waals surface area contributed by atoms with Crippen molar-refractivity contribution in [2.45, 2.75) is 4.90 Å². The Balaban J connectivity index is 1.82. The Labute approximate surface area is 152 Å². The van der Waals surface area contributed by atoms with Crippen molar-refractivity contribution in [3.05, 3.63) is 67.8 Å². The summed E-state index contributed by atoms with van der Waals surface area (Å²) in [5, 5.41) is 2.28. The fraction of sp³-hybridized carbons (Fsp3) is 0.200. The van der Waals surface area contributed by atoms with Gasteiger partial charge in [0.1, 0.15) is 0 Å². The molecule has 130 valence electrons. The smallest absolute Gasteiger partial charge is 0.316 e. The molecule has 5 heteroatoms. The predicted molar refractivity (Wildman–Crippen MR) is 103 cm³/mol. The third-order valence-corrected chi connectivity index (χ3v) is 4.45. The Morgan fingerprint density at radius 1 is 1.04 bits per heavy atom. The predicted octanol–water partition coefficient (Wildman–Crippen LogP) is 3.68. The molecule has 2 rings (SSSR count). The maximum atomic E-state index is 12.0. The van der Waals surface area contributed by atoms with Gasteiger partial charge in [-0.2, -0.15) is 0 Å². The number of hydrogen-bond donors (Lipinski definition) is 0. The first-order valence-corrected chi connectivity index (χ1v) is 8.89. The minimum absolute atomic E-state index is 0.161. The Morgan fingerprint density at radius 2 is 1.72 bits per heavy atom. The van der Waals surface area contributed by atoms with Crippen LogP contribution in [0.1, 0.15) is 0 Å². The highest BCUT2D eigenvalue weighted by molar-refractivity contribution is 8.00. The van der Waals surface area contributed by atoms with Crippen molar-refractivity contribution in [3.8, 4) is 0 Å². The maximum Gasteiger partial charge on any atom is 0.316 e. The van der Waals surface area contributed by atoms with Crippen LogP contribution in [0.25, 0.3) is 10.8 Å². The van der Waals surface area contributed by atoms with E-state index in [1.807, 2.05) is 42.5 Å². The summed E-state index contributed by atoms with van der Waals surface area (Å²) in [5.74, 6) is -0.512. The highest BCUT2D eigenvalue weighted by Crippen LogP contribution is 2.23. The Morgan fingerprint density at radius 3 is 2.40 bits per heavy atom. The van der Waals surface area contributed by atoms with E-state index in [0.717, 1.165) is 15.7 Å². The summed E-state index contributed by atoms with van der Waals surface area (Å²) in [4.78, 5) is 26.4. The van der Waals surface area contributed by atoms with Gasteiger partial charge in [0.15, 0.2) is 6.61 Å². The molecule has 1 amide bonds. The van der Waals surface area contributed by atoms with Gasteiger partial charge in [0.05, 0.1) is 5.75 Å². The van der Waals surface area contributed by atoms with Gasteiger partial charge in [0.25, 0.3) is 5.91 Å². The van der Waals surface area contributed by atoms with Crippen molar-refractivity contribution in [2.75, 3.05) is 25.4 Å². The lowest BCUT2D eigenvalue weighted by molar-refractivity contribution is -0.149. The van der Waals surface area contributed by atoms with Gasteiger partial charge in [-0.15, -0.1) is 24.9 Å². The number of carbonyl (C=O) groups is 2. The van der Waals surface area contributed by atoms with Gasteiger partial charge < -0.3 is 9.64 Å². The molecule has 0 bridgehead atoms. The number of carbonyl (C=O) groups excluding carboxylic acids is 2. The summed E-state index contributed by atoms with van der Waals surface area (Å²) in [5.41, 5.74) is 0. The average molecular weight is 355 g/mol. The molecular weight excluding hydrogens is 334 g/mol. The minimum atomic E-state index is -0.413. The van der Waals surface area contributed by atoms with Crippen molar-refractivity contribution < 1.29 is 14.3 Å². The number of nitrogens with zero attached hydrogens (tertiary/aromatic N) is 1. The van der Waals surface area contributed by atoms with Crippen LogP contribution in [0.5, 0.6) is 0 Å². The second kappa shape index (κ2) is 9.69. The van der Waals surface area contributed by atoms with Crippen LogP contribution in [0, 0.1) is 0 Å². The molecule has 0 aromatic heterocycles. The maximum absolute atomic E-state index is 12.0. The fourth-order valence-corrected chi connectivity index (χ4v) is 3.01. The summed E-state index contributed by atoms with van der Waals surface area (Å²) >= 11 is 1.39. The zero-order chi connectivity index (χ0) is 18.1. The van der Waals surface area contributed by atoms with E-state index in [1.165, 1.54) is 16.7 Å². The van der Waals surface area contributed by atoms with Crippen molar-refractivity contribution in [1.29, 1.82) is 0 Å². The summed E-state index contributed by atoms with van der Waals surface area (Å²) in [7, 11) is 0. The molecule has 0 fully saturated rings. The number of esters is 1. The molecule has 4 nitrogen and oxygen atoms in total. The van der Waals surface area contributed by atoms with Crippen LogP contribution in [-0.2, 0) is 14.3 Å². The molecule has 0 N–H and O–H groups in total. The molecule has 25 heavy (non-hydrogen) atoms. The number of ether oxygens (including phenoxy) is 1. The minimum Gasteiger partial charge on any atom is -0.455 e. The van der Waals surface area contributed by atoms with E-state index in [9.17, 15) is 9.59 Å². The first-order valence-electron chi connectivity index (χ1n) is 7.91. The van der Waals surface area contributed by atoms with E-state index in [4.69, 9.17) is 4.74 Å². The largest absolute Gasteiger partial charge is 0.455 e. The molecule has 0 saturated carbocycles. The van der Waals surface area contributed by atoms with Gasteiger partial charge in [0.2, 0.25) is 0 Å². The first kappa shape index (κ1) is 18.8. The molecule has 0 aliphatic carbocycles. The fourth-order valence-electron chi connectivity index (χ4n) is 2.26. The van der Waals surface area contributed by atoms with Gasteiger partial charge in [-0.1, -0.05) is 42.5 Å². The van der Waals surface area contributed by atoms with E-state index < -0.39 is 5.97 Å². The zero-order valence-corrected chi connectivity index (χ0v) is 14.8. The number of fused-ring (bicyclic) bond motifs is 1. The molecular formula is C20H21NO3S. The normalized spacial score (nSPS) is 10.2. The molecule has 0 radical (unpaired) electrons. The third-order valence-electron chi connectivity index (χ3n) is 3.49. The quantitative estimate of drug-likeness (QED) is 0.391. The lowest BCUT2D eigenvalue weighted by Gasteiger charge is -2.18. The molecule has 2 aromatic rings. The van der Waals surface area contributed by atoms with Crippen LogP contribution < -0.4 is 0 Å². The summed E-state index contributed by atoms with van der Waals surface area (Å²) in [6, 6.07) is 14.1. The Kier molecular flexibility index (Phi) is 7.29. The molecule has 0 aliphatic rings. The van der Waals surface area contributed by atoms with E-state index in [1.54, 1.807) is 12.2 Å². The number of amides is 1. The van der Waals surface area contributed by atoms with E-state index in [0.29, 0.717) is 13.1 Å². The van der Waals surface area contributed by atoms with Crippen molar-refractivity contribution in [1.82, 2.24) is 4.90 Å². The van der Waals surface area contributed by atoms with Gasteiger partial charge in [-0.3, -0.25) is 9.59 Å². The SMILES string of the molecule is C=CCN(CC=C)C(=O)COC(=O)CSc1ccc2ccccc2c1. The van der Waals surface area contributed by atoms with Crippen molar-refractivity contribution >= 4 is 34.4 Å². The van der Waals surface area contributed by atoms with E-state index in [-0.39, 0.29) is 18.3 Å². The molecule has 2 aromatic carbocycles. The van der Waals surface area contributed by atoms with Crippen LogP contribution in [-0.4, -0.2) is 42.2 Å². The van der Waals surface area contributed by atoms with Crippen LogP contribution in [0.3, 0.4) is 0 Å². The number of hydrogen-bond acceptors (Lipinski definition) is 4. The lowest BCUT2D eigenvalue weighted by atomic mass is 10.1. The third kappa shape index (κ3) is 5.80.